The number of nitrogens with two attached hydrogens (primary N) is 1. The van der Waals surface area contributed by atoms with Crippen molar-refractivity contribution in [1.29, 1.82) is 0 Å². The summed E-state index contributed by atoms with van der Waals surface area (Å²) in [6.07, 6.45) is -3.44. The van der Waals surface area contributed by atoms with Crippen molar-refractivity contribution in [3.63, 3.8) is 0 Å². The number of rotatable bonds is 3. The van der Waals surface area contributed by atoms with Crippen LogP contribution >= 0.6 is 12.4 Å². The van der Waals surface area contributed by atoms with Crippen LogP contribution in [0.15, 0.2) is 0 Å². The molecule has 3 nitrogen and oxygen atoms in total. The van der Waals surface area contributed by atoms with Crippen LogP contribution in [0.1, 0.15) is 13.8 Å². The minimum Gasteiger partial charge on any atom is -0.468 e. The largest absolute Gasteiger partial charge is 0.468 e. The second kappa shape index (κ2) is 4.84. The maximum absolute atomic E-state index is 13.2. The highest BCUT2D eigenvalue weighted by molar-refractivity contribution is 5.85. The van der Waals surface area contributed by atoms with Crippen LogP contribution in [0, 0.1) is 5.41 Å². The molecular formula is C7H13ClF3NO2. The Morgan fingerprint density at radius 3 is 2.00 bits per heavy atom. The van der Waals surface area contributed by atoms with E-state index in [2.05, 4.69) is 4.74 Å². The first-order valence-electron chi connectivity index (χ1n) is 3.52. The minimum atomic E-state index is -3.44. The fraction of sp³-hybridized carbons (Fsp3) is 0.857. The van der Waals surface area contributed by atoms with Gasteiger partial charge in [-0.15, -0.1) is 12.4 Å². The number of methoxy groups -OCH3 is 1. The van der Waals surface area contributed by atoms with Gasteiger partial charge in [0.2, 0.25) is 5.79 Å². The summed E-state index contributed by atoms with van der Waals surface area (Å²) in [5, 5.41) is 0. The van der Waals surface area contributed by atoms with Gasteiger partial charge in [0.05, 0.1) is 7.11 Å². The Labute approximate surface area is 86.2 Å². The van der Waals surface area contributed by atoms with Gasteiger partial charge in [-0.2, -0.15) is 0 Å². The molecule has 0 spiro atoms. The van der Waals surface area contributed by atoms with Gasteiger partial charge in [0.1, 0.15) is 5.41 Å². The van der Waals surface area contributed by atoms with Crippen LogP contribution in [0.4, 0.5) is 13.2 Å². The van der Waals surface area contributed by atoms with E-state index in [9.17, 15) is 18.0 Å². The molecule has 86 valence electrons. The summed E-state index contributed by atoms with van der Waals surface area (Å²) in [5.41, 5.74) is 2.62. The average molecular weight is 236 g/mol. The molecule has 0 aliphatic rings. The molecular weight excluding hydrogens is 223 g/mol. The zero-order valence-electron chi connectivity index (χ0n) is 8.01. The number of carbonyl (C=O) groups excluding carboxylic acids is 1. The molecule has 0 amide bonds. The van der Waals surface area contributed by atoms with Gasteiger partial charge in [0, 0.05) is 0 Å². The summed E-state index contributed by atoms with van der Waals surface area (Å²) in [5.74, 6) is -4.50. The Hall–Kier alpha value is -0.490. The predicted octanol–water partition coefficient (Wildman–Crippen LogP) is 1.50. The first kappa shape index (κ1) is 16.0. The Balaban J connectivity index is 0. The molecule has 0 heterocycles. The van der Waals surface area contributed by atoms with E-state index in [1.807, 2.05) is 0 Å². The molecule has 0 radical (unpaired) electrons. The van der Waals surface area contributed by atoms with Crippen molar-refractivity contribution in [3.05, 3.63) is 0 Å². The summed E-state index contributed by atoms with van der Waals surface area (Å²) in [7, 11) is 0.978. The standard InChI is InChI=1S/C7H12F3NO2.ClH/c1-6(2,5(12)13-3)7(10,11)4(8)9;/h4H,11H2,1-3H3;1H. The van der Waals surface area contributed by atoms with Crippen molar-refractivity contribution in [2.24, 2.45) is 11.1 Å². The first-order chi connectivity index (χ1) is 5.67. The second-order valence-electron chi connectivity index (χ2n) is 3.19. The fourth-order valence-corrected chi connectivity index (χ4v) is 0.684. The lowest BCUT2D eigenvalue weighted by molar-refractivity contribution is -0.173. The molecule has 1 atom stereocenters. The van der Waals surface area contributed by atoms with E-state index in [1.54, 1.807) is 0 Å². The van der Waals surface area contributed by atoms with Crippen molar-refractivity contribution >= 4 is 18.4 Å². The fourth-order valence-electron chi connectivity index (χ4n) is 0.684. The summed E-state index contributed by atoms with van der Waals surface area (Å²) < 4.78 is 41.5. The highest BCUT2D eigenvalue weighted by Crippen LogP contribution is 2.36. The maximum Gasteiger partial charge on any atom is 0.316 e. The lowest BCUT2D eigenvalue weighted by atomic mass is 9.83. The zero-order chi connectivity index (χ0) is 10.9. The Kier molecular flexibility index (Phi) is 5.51. The Morgan fingerprint density at radius 2 is 1.79 bits per heavy atom. The third-order valence-corrected chi connectivity index (χ3v) is 1.97. The molecule has 0 aliphatic heterocycles. The van der Waals surface area contributed by atoms with Crippen molar-refractivity contribution in [2.45, 2.75) is 26.1 Å². The molecule has 7 heteroatoms. The molecule has 0 aliphatic carbocycles. The van der Waals surface area contributed by atoms with Crippen molar-refractivity contribution in [3.8, 4) is 0 Å². The van der Waals surface area contributed by atoms with Gasteiger partial charge in [0.15, 0.2) is 0 Å². The van der Waals surface area contributed by atoms with Crippen LogP contribution in [-0.2, 0) is 9.53 Å². The lowest BCUT2D eigenvalue weighted by Crippen LogP contribution is -2.58. The molecule has 1 unspecified atom stereocenters. The average Bonchev–Trinajstić information content (AvgIpc) is 2.02. The summed E-state index contributed by atoms with van der Waals surface area (Å²) >= 11 is 0. The van der Waals surface area contributed by atoms with E-state index in [4.69, 9.17) is 5.73 Å². The molecule has 0 saturated heterocycles. The van der Waals surface area contributed by atoms with Gasteiger partial charge in [0.25, 0.3) is 6.43 Å². The number of alkyl halides is 3. The van der Waals surface area contributed by atoms with Gasteiger partial charge in [-0.05, 0) is 13.8 Å². The molecule has 2 N–H and O–H groups in total. The van der Waals surface area contributed by atoms with Crippen LogP contribution in [0.5, 0.6) is 0 Å². The molecule has 0 rings (SSSR count). The van der Waals surface area contributed by atoms with Gasteiger partial charge >= 0.3 is 5.97 Å². The van der Waals surface area contributed by atoms with Crippen LogP contribution in [0.3, 0.4) is 0 Å². The number of esters is 1. The normalized spacial score (nSPS) is 15.7. The SMILES string of the molecule is COC(=O)C(C)(C)C(N)(F)C(F)F.Cl. The molecule has 0 fully saturated rings. The van der Waals surface area contributed by atoms with Crippen LogP contribution in [0.25, 0.3) is 0 Å². The van der Waals surface area contributed by atoms with Crippen LogP contribution in [-0.4, -0.2) is 25.3 Å². The molecule has 0 aromatic rings. The summed E-state index contributed by atoms with van der Waals surface area (Å²) in [6.45, 7) is 1.93. The zero-order valence-corrected chi connectivity index (χ0v) is 8.83. The summed E-state index contributed by atoms with van der Waals surface area (Å²) in [4.78, 5) is 10.9. The third kappa shape index (κ3) is 2.51. The van der Waals surface area contributed by atoms with E-state index in [-0.39, 0.29) is 12.4 Å². The van der Waals surface area contributed by atoms with Crippen LogP contribution < -0.4 is 5.73 Å². The van der Waals surface area contributed by atoms with Gasteiger partial charge < -0.3 is 4.74 Å². The highest BCUT2D eigenvalue weighted by Gasteiger charge is 2.55. The lowest BCUT2D eigenvalue weighted by Gasteiger charge is -2.33. The number of hydrogen-bond donors (Lipinski definition) is 1. The Bertz CT molecular complexity index is 209. The Morgan fingerprint density at radius 1 is 1.43 bits per heavy atom. The van der Waals surface area contributed by atoms with E-state index >= 15 is 0 Å². The van der Waals surface area contributed by atoms with Gasteiger partial charge in [-0.25, -0.2) is 13.2 Å². The second-order valence-corrected chi connectivity index (χ2v) is 3.19. The third-order valence-electron chi connectivity index (χ3n) is 1.97. The smallest absolute Gasteiger partial charge is 0.316 e. The number of halogens is 4. The van der Waals surface area contributed by atoms with E-state index in [0.717, 1.165) is 21.0 Å². The molecule has 0 bridgehead atoms. The number of carbonyl (C=O) groups is 1. The van der Waals surface area contributed by atoms with E-state index in [0.29, 0.717) is 0 Å². The maximum atomic E-state index is 13.2. The highest BCUT2D eigenvalue weighted by atomic mass is 35.5. The molecule has 14 heavy (non-hydrogen) atoms. The quantitative estimate of drug-likeness (QED) is 0.596. The van der Waals surface area contributed by atoms with Crippen molar-refractivity contribution < 1.29 is 22.7 Å². The number of hydrogen-bond acceptors (Lipinski definition) is 3. The topological polar surface area (TPSA) is 52.3 Å². The van der Waals surface area contributed by atoms with E-state index in [1.165, 1.54) is 0 Å². The van der Waals surface area contributed by atoms with E-state index < -0.39 is 23.6 Å². The summed E-state index contributed by atoms with van der Waals surface area (Å²) in [6, 6.07) is 0. The predicted molar refractivity (Wildman–Crippen MR) is 47.1 cm³/mol. The monoisotopic (exact) mass is 235 g/mol. The van der Waals surface area contributed by atoms with Gasteiger partial charge in [-0.3, -0.25) is 10.5 Å². The first-order valence-corrected chi connectivity index (χ1v) is 3.52. The molecule has 0 saturated carbocycles. The molecule has 0 aromatic carbocycles. The minimum absolute atomic E-state index is 0. The van der Waals surface area contributed by atoms with Crippen molar-refractivity contribution in [2.75, 3.05) is 7.11 Å². The number of ether oxygens (including phenoxy) is 1. The molecule has 0 aromatic heterocycles. The van der Waals surface area contributed by atoms with Gasteiger partial charge in [-0.1, -0.05) is 0 Å². The van der Waals surface area contributed by atoms with Crippen LogP contribution in [0.2, 0.25) is 0 Å². The van der Waals surface area contributed by atoms with Crippen molar-refractivity contribution in [1.82, 2.24) is 0 Å².